The molecular formula is C17H17N5O. The first kappa shape index (κ1) is 13.8. The van der Waals surface area contributed by atoms with Gasteiger partial charge in [-0.05, 0) is 11.6 Å². The van der Waals surface area contributed by atoms with Crippen molar-refractivity contribution in [3.8, 4) is 5.75 Å². The van der Waals surface area contributed by atoms with E-state index in [1.165, 1.54) is 5.69 Å². The maximum Gasteiger partial charge on any atom is 0.225 e. The largest absolute Gasteiger partial charge is 0.486 e. The van der Waals surface area contributed by atoms with Crippen LogP contribution in [0.15, 0.2) is 55.0 Å². The van der Waals surface area contributed by atoms with Gasteiger partial charge in [-0.1, -0.05) is 30.3 Å². The average molecular weight is 307 g/mol. The van der Waals surface area contributed by atoms with Crippen molar-refractivity contribution in [3.63, 3.8) is 0 Å². The van der Waals surface area contributed by atoms with Crippen molar-refractivity contribution in [1.82, 2.24) is 19.7 Å². The number of anilines is 1. The van der Waals surface area contributed by atoms with Gasteiger partial charge in [0.05, 0.1) is 31.2 Å². The van der Waals surface area contributed by atoms with Crippen LogP contribution in [-0.4, -0.2) is 26.3 Å². The van der Waals surface area contributed by atoms with Crippen LogP contribution in [0, 0.1) is 0 Å². The molecule has 4 rings (SSSR count). The van der Waals surface area contributed by atoms with Crippen LogP contribution in [0.1, 0.15) is 11.3 Å². The molecule has 0 spiro atoms. The van der Waals surface area contributed by atoms with E-state index in [1.807, 2.05) is 47.3 Å². The Morgan fingerprint density at radius 1 is 1.00 bits per heavy atom. The Balaban J connectivity index is 1.40. The zero-order valence-corrected chi connectivity index (χ0v) is 12.7. The van der Waals surface area contributed by atoms with Gasteiger partial charge in [0.1, 0.15) is 6.61 Å². The molecule has 6 heteroatoms. The number of aromatic nitrogens is 4. The van der Waals surface area contributed by atoms with Crippen molar-refractivity contribution in [2.24, 2.45) is 0 Å². The van der Waals surface area contributed by atoms with Gasteiger partial charge >= 0.3 is 0 Å². The molecular weight excluding hydrogens is 290 g/mol. The molecule has 2 aromatic heterocycles. The standard InChI is InChI=1S/C17H17N5O/c1-2-4-14(5-3-1)13-23-16-10-18-17(19-11-16)21-8-9-22-15(12-21)6-7-20-22/h1-7,10-11H,8-9,12-13H2. The van der Waals surface area contributed by atoms with Crippen molar-refractivity contribution in [2.75, 3.05) is 11.4 Å². The molecule has 6 nitrogen and oxygen atoms in total. The number of ether oxygens (including phenoxy) is 1. The molecule has 0 saturated heterocycles. The highest BCUT2D eigenvalue weighted by Crippen LogP contribution is 2.18. The average Bonchev–Trinajstić information content (AvgIpc) is 3.09. The molecule has 0 unspecified atom stereocenters. The quantitative estimate of drug-likeness (QED) is 0.740. The van der Waals surface area contributed by atoms with Crippen LogP contribution in [-0.2, 0) is 19.7 Å². The summed E-state index contributed by atoms with van der Waals surface area (Å²) in [6.07, 6.45) is 5.30. The van der Waals surface area contributed by atoms with E-state index in [2.05, 4.69) is 20.0 Å². The van der Waals surface area contributed by atoms with Crippen LogP contribution < -0.4 is 9.64 Å². The lowest BCUT2D eigenvalue weighted by Crippen LogP contribution is -2.34. The van der Waals surface area contributed by atoms with E-state index in [0.29, 0.717) is 12.4 Å². The van der Waals surface area contributed by atoms with Crippen molar-refractivity contribution in [1.29, 1.82) is 0 Å². The van der Waals surface area contributed by atoms with Crippen molar-refractivity contribution in [3.05, 3.63) is 66.2 Å². The van der Waals surface area contributed by atoms with Gasteiger partial charge in [0, 0.05) is 12.7 Å². The Kier molecular flexibility index (Phi) is 3.63. The van der Waals surface area contributed by atoms with E-state index in [4.69, 9.17) is 4.74 Å². The maximum atomic E-state index is 5.72. The summed E-state index contributed by atoms with van der Waals surface area (Å²) in [5.41, 5.74) is 2.31. The molecule has 0 atom stereocenters. The molecule has 1 aromatic carbocycles. The Morgan fingerprint density at radius 3 is 2.65 bits per heavy atom. The monoisotopic (exact) mass is 307 g/mol. The van der Waals surface area contributed by atoms with E-state index < -0.39 is 0 Å². The van der Waals surface area contributed by atoms with Crippen molar-refractivity contribution < 1.29 is 4.74 Å². The highest BCUT2D eigenvalue weighted by atomic mass is 16.5. The molecule has 3 aromatic rings. The van der Waals surface area contributed by atoms with Crippen LogP contribution >= 0.6 is 0 Å². The lowest BCUT2D eigenvalue weighted by molar-refractivity contribution is 0.303. The predicted octanol–water partition coefficient (Wildman–Crippen LogP) is 2.27. The zero-order chi connectivity index (χ0) is 15.5. The third-order valence-corrected chi connectivity index (χ3v) is 3.88. The topological polar surface area (TPSA) is 56.1 Å². The fourth-order valence-electron chi connectivity index (χ4n) is 2.64. The molecule has 0 aliphatic carbocycles. The highest BCUT2D eigenvalue weighted by molar-refractivity contribution is 5.33. The molecule has 0 saturated carbocycles. The number of nitrogens with zero attached hydrogens (tertiary/aromatic N) is 5. The highest BCUT2D eigenvalue weighted by Gasteiger charge is 2.18. The van der Waals surface area contributed by atoms with Gasteiger partial charge in [-0.2, -0.15) is 5.10 Å². The lowest BCUT2D eigenvalue weighted by Gasteiger charge is -2.27. The smallest absolute Gasteiger partial charge is 0.225 e. The van der Waals surface area contributed by atoms with E-state index in [0.717, 1.165) is 31.1 Å². The Bertz CT molecular complexity index is 769. The predicted molar refractivity (Wildman–Crippen MR) is 86.1 cm³/mol. The molecule has 3 heterocycles. The van der Waals surface area contributed by atoms with Crippen LogP contribution in [0.4, 0.5) is 5.95 Å². The third-order valence-electron chi connectivity index (χ3n) is 3.88. The normalized spacial score (nSPS) is 13.7. The SMILES string of the molecule is c1ccc(COc2cnc(N3CCn4nccc4C3)nc2)cc1. The second kappa shape index (κ2) is 6.08. The number of fused-ring (bicyclic) bond motifs is 1. The summed E-state index contributed by atoms with van der Waals surface area (Å²) in [7, 11) is 0. The fraction of sp³-hybridized carbons (Fsp3) is 0.235. The lowest BCUT2D eigenvalue weighted by atomic mass is 10.2. The minimum atomic E-state index is 0.520. The van der Waals surface area contributed by atoms with Gasteiger partial charge in [0.2, 0.25) is 5.95 Å². The van der Waals surface area contributed by atoms with Gasteiger partial charge < -0.3 is 9.64 Å². The minimum absolute atomic E-state index is 0.520. The van der Waals surface area contributed by atoms with Gasteiger partial charge in [-0.15, -0.1) is 0 Å². The first-order valence-electron chi connectivity index (χ1n) is 7.63. The summed E-state index contributed by atoms with van der Waals surface area (Å²) in [5.74, 6) is 1.41. The fourth-order valence-corrected chi connectivity index (χ4v) is 2.64. The number of rotatable bonds is 4. The number of hydrogen-bond acceptors (Lipinski definition) is 5. The molecule has 0 N–H and O–H groups in total. The first-order valence-corrected chi connectivity index (χ1v) is 7.63. The van der Waals surface area contributed by atoms with Crippen molar-refractivity contribution >= 4 is 5.95 Å². The van der Waals surface area contributed by atoms with Gasteiger partial charge in [-0.25, -0.2) is 9.97 Å². The second-order valence-electron chi connectivity index (χ2n) is 5.46. The van der Waals surface area contributed by atoms with E-state index in [-0.39, 0.29) is 0 Å². The maximum absolute atomic E-state index is 5.72. The molecule has 0 amide bonds. The zero-order valence-electron chi connectivity index (χ0n) is 12.7. The summed E-state index contributed by atoms with van der Waals surface area (Å²) >= 11 is 0. The summed E-state index contributed by atoms with van der Waals surface area (Å²) < 4.78 is 7.74. The summed E-state index contributed by atoms with van der Waals surface area (Å²) in [6, 6.07) is 12.1. The van der Waals surface area contributed by atoms with E-state index >= 15 is 0 Å². The molecule has 1 aliphatic heterocycles. The van der Waals surface area contributed by atoms with Gasteiger partial charge in [-0.3, -0.25) is 4.68 Å². The van der Waals surface area contributed by atoms with Crippen molar-refractivity contribution in [2.45, 2.75) is 19.7 Å². The third kappa shape index (κ3) is 3.01. The van der Waals surface area contributed by atoms with Crippen LogP contribution in [0.25, 0.3) is 0 Å². The molecule has 23 heavy (non-hydrogen) atoms. The van der Waals surface area contributed by atoms with E-state index in [9.17, 15) is 0 Å². The Hall–Kier alpha value is -2.89. The summed E-state index contributed by atoms with van der Waals surface area (Å²) in [4.78, 5) is 11.0. The second-order valence-corrected chi connectivity index (χ2v) is 5.46. The number of benzene rings is 1. The number of hydrogen-bond donors (Lipinski definition) is 0. The van der Waals surface area contributed by atoms with Crippen LogP contribution in [0.3, 0.4) is 0 Å². The minimum Gasteiger partial charge on any atom is -0.486 e. The first-order chi connectivity index (χ1) is 11.4. The molecule has 0 fully saturated rings. The molecule has 0 radical (unpaired) electrons. The molecule has 0 bridgehead atoms. The van der Waals surface area contributed by atoms with E-state index in [1.54, 1.807) is 12.4 Å². The van der Waals surface area contributed by atoms with Gasteiger partial charge in [0.15, 0.2) is 5.75 Å². The Labute approximate surface area is 134 Å². The summed E-state index contributed by atoms with van der Waals surface area (Å²) in [5, 5.41) is 4.28. The molecule has 116 valence electrons. The molecule has 1 aliphatic rings. The van der Waals surface area contributed by atoms with Crippen LogP contribution in [0.2, 0.25) is 0 Å². The Morgan fingerprint density at radius 2 is 1.83 bits per heavy atom. The summed E-state index contributed by atoms with van der Waals surface area (Å²) in [6.45, 7) is 3.02. The van der Waals surface area contributed by atoms with Crippen LogP contribution in [0.5, 0.6) is 5.75 Å². The van der Waals surface area contributed by atoms with Gasteiger partial charge in [0.25, 0.3) is 0 Å².